The second-order valence-electron chi connectivity index (χ2n) is 14.7. The van der Waals surface area contributed by atoms with Gasteiger partial charge in [-0.2, -0.15) is 0 Å². The van der Waals surface area contributed by atoms with Gasteiger partial charge in [0.1, 0.15) is 12.2 Å². The molecule has 1 amide bonds. The predicted octanol–water partition coefficient (Wildman–Crippen LogP) is 10.5. The van der Waals surface area contributed by atoms with E-state index in [2.05, 4.69) is 19.2 Å². The van der Waals surface area contributed by atoms with Crippen molar-refractivity contribution in [2.24, 2.45) is 0 Å². The van der Waals surface area contributed by atoms with Gasteiger partial charge in [-0.3, -0.25) is 4.79 Å². The van der Waals surface area contributed by atoms with Crippen LogP contribution in [-0.4, -0.2) is 57.3 Å². The molecule has 0 heterocycles. The first-order valence-corrected chi connectivity index (χ1v) is 20.9. The summed E-state index contributed by atoms with van der Waals surface area (Å²) in [5, 5.41) is 43.5. The summed E-state index contributed by atoms with van der Waals surface area (Å²) in [4.78, 5) is 12.5. The molecule has 0 aliphatic carbocycles. The second-order valence-corrected chi connectivity index (χ2v) is 14.7. The number of aliphatic hydroxyl groups excluding tert-OH is 4. The molecule has 6 nitrogen and oxygen atoms in total. The van der Waals surface area contributed by atoms with Crippen LogP contribution in [0.3, 0.4) is 0 Å². The largest absolute Gasteiger partial charge is 0.394 e. The fraction of sp³-hybridized carbons (Fsp3) is 0.976. The molecule has 47 heavy (non-hydrogen) atoms. The van der Waals surface area contributed by atoms with E-state index in [1.165, 1.54) is 161 Å². The fourth-order valence-electron chi connectivity index (χ4n) is 6.70. The van der Waals surface area contributed by atoms with E-state index in [9.17, 15) is 25.2 Å². The summed E-state index contributed by atoms with van der Waals surface area (Å²) >= 11 is 0. The van der Waals surface area contributed by atoms with E-state index in [-0.39, 0.29) is 0 Å². The first-order valence-electron chi connectivity index (χ1n) is 20.9. The van der Waals surface area contributed by atoms with Gasteiger partial charge in [-0.15, -0.1) is 0 Å². The maximum Gasteiger partial charge on any atom is 0.249 e. The third kappa shape index (κ3) is 31.1. The first kappa shape index (κ1) is 46.3. The van der Waals surface area contributed by atoms with Crippen LogP contribution in [0, 0.1) is 0 Å². The highest BCUT2D eigenvalue weighted by Gasteiger charge is 2.28. The van der Waals surface area contributed by atoms with E-state index >= 15 is 0 Å². The van der Waals surface area contributed by atoms with Gasteiger partial charge in [0.05, 0.1) is 18.8 Å². The molecule has 0 spiro atoms. The molecular weight excluding hydrogens is 586 g/mol. The van der Waals surface area contributed by atoms with Crippen molar-refractivity contribution >= 4 is 5.91 Å². The van der Waals surface area contributed by atoms with Crippen LogP contribution in [0.25, 0.3) is 0 Å². The molecule has 4 atom stereocenters. The Bertz CT molecular complexity index is 633. The Hall–Kier alpha value is -0.690. The lowest BCUT2D eigenvalue weighted by atomic mass is 9.99. The summed E-state index contributed by atoms with van der Waals surface area (Å²) in [6.45, 7) is 4.04. The van der Waals surface area contributed by atoms with Crippen molar-refractivity contribution in [1.29, 1.82) is 0 Å². The van der Waals surface area contributed by atoms with Crippen LogP contribution >= 0.6 is 0 Å². The maximum atomic E-state index is 12.5. The molecule has 5 N–H and O–H groups in total. The van der Waals surface area contributed by atoms with Gasteiger partial charge >= 0.3 is 0 Å². The quantitative estimate of drug-likeness (QED) is 0.0420. The zero-order chi connectivity index (χ0) is 34.6. The number of hydrogen-bond donors (Lipinski definition) is 5. The molecule has 0 aromatic heterocycles. The van der Waals surface area contributed by atoms with Crippen molar-refractivity contribution in [2.45, 2.75) is 250 Å². The maximum absolute atomic E-state index is 12.5. The lowest BCUT2D eigenvalue weighted by molar-refractivity contribution is -0.132. The molecule has 0 unspecified atom stereocenters. The Morgan fingerprint density at radius 1 is 0.447 bits per heavy atom. The molecule has 0 aromatic carbocycles. The summed E-state index contributed by atoms with van der Waals surface area (Å²) in [6.07, 6.45) is 37.0. The molecule has 0 saturated heterocycles. The van der Waals surface area contributed by atoms with Gasteiger partial charge in [0.2, 0.25) is 5.91 Å². The average molecular weight is 670 g/mol. The van der Waals surface area contributed by atoms with E-state index in [4.69, 9.17) is 0 Å². The van der Waals surface area contributed by atoms with Gasteiger partial charge < -0.3 is 25.7 Å². The van der Waals surface area contributed by atoms with Gasteiger partial charge in [0.25, 0.3) is 0 Å². The number of nitrogens with one attached hydrogen (secondary N) is 1. The van der Waals surface area contributed by atoms with Crippen LogP contribution in [0.4, 0.5) is 0 Å². The summed E-state index contributed by atoms with van der Waals surface area (Å²) in [7, 11) is 0. The number of carbonyl (C=O) groups excluding carboxylic acids is 1. The van der Waals surface area contributed by atoms with Crippen molar-refractivity contribution in [2.75, 3.05) is 6.61 Å². The minimum atomic E-state index is -1.25. The van der Waals surface area contributed by atoms with E-state index < -0.39 is 36.9 Å². The zero-order valence-electron chi connectivity index (χ0n) is 31.5. The second kappa shape index (κ2) is 36.6. The van der Waals surface area contributed by atoms with Crippen molar-refractivity contribution in [3.05, 3.63) is 0 Å². The Balaban J connectivity index is 3.68. The SMILES string of the molecule is CCCCCCCCCCCCCCCCCCCCCC[C@@H](O)C(=O)N[C@@H](CO)[C@H](O)[C@H](O)CCCCCCCCCCCCC. The standard InChI is InChI=1S/C41H83NO5/c1-3-5-7-9-11-13-15-16-17-18-19-20-21-22-23-25-27-29-31-33-35-39(45)41(47)42-37(36-43)40(46)38(44)34-32-30-28-26-24-14-12-10-8-6-4-2/h37-40,43-46H,3-36H2,1-2H3,(H,42,47)/t37-,38+,39+,40-/m0/s1. The third-order valence-corrected chi connectivity index (χ3v) is 10.1. The van der Waals surface area contributed by atoms with E-state index in [1.54, 1.807) is 0 Å². The normalized spacial score (nSPS) is 14.3. The van der Waals surface area contributed by atoms with Crippen LogP contribution in [0.15, 0.2) is 0 Å². The van der Waals surface area contributed by atoms with Crippen molar-refractivity contribution in [3.8, 4) is 0 Å². The molecule has 0 fully saturated rings. The van der Waals surface area contributed by atoms with E-state index in [1.807, 2.05) is 0 Å². The minimum absolute atomic E-state index is 0.375. The van der Waals surface area contributed by atoms with Crippen LogP contribution < -0.4 is 5.32 Å². The minimum Gasteiger partial charge on any atom is -0.394 e. The summed E-state index contributed by atoms with van der Waals surface area (Å²) in [6, 6.07) is -0.977. The molecule has 0 rings (SSSR count). The Morgan fingerprint density at radius 2 is 0.723 bits per heavy atom. The smallest absolute Gasteiger partial charge is 0.249 e. The van der Waals surface area contributed by atoms with Crippen LogP contribution in [0.5, 0.6) is 0 Å². The summed E-state index contributed by atoms with van der Waals surface area (Å²) < 4.78 is 0. The lowest BCUT2D eigenvalue weighted by Crippen LogP contribution is -2.53. The molecule has 0 radical (unpaired) electrons. The zero-order valence-corrected chi connectivity index (χ0v) is 31.5. The lowest BCUT2D eigenvalue weighted by Gasteiger charge is -2.27. The van der Waals surface area contributed by atoms with Crippen molar-refractivity contribution < 1.29 is 25.2 Å². The molecule has 0 saturated carbocycles. The van der Waals surface area contributed by atoms with E-state index in [0.717, 1.165) is 38.5 Å². The average Bonchev–Trinajstić information content (AvgIpc) is 3.07. The molecule has 282 valence electrons. The van der Waals surface area contributed by atoms with Gasteiger partial charge in [-0.1, -0.05) is 213 Å². The van der Waals surface area contributed by atoms with Gasteiger partial charge in [0.15, 0.2) is 0 Å². The van der Waals surface area contributed by atoms with Crippen molar-refractivity contribution in [3.63, 3.8) is 0 Å². The number of aliphatic hydroxyl groups is 4. The highest BCUT2D eigenvalue weighted by Crippen LogP contribution is 2.17. The predicted molar refractivity (Wildman–Crippen MR) is 201 cm³/mol. The van der Waals surface area contributed by atoms with E-state index in [0.29, 0.717) is 12.8 Å². The number of unbranched alkanes of at least 4 members (excludes halogenated alkanes) is 29. The molecule has 0 aliphatic heterocycles. The van der Waals surface area contributed by atoms with Crippen LogP contribution in [0.2, 0.25) is 0 Å². The topological polar surface area (TPSA) is 110 Å². The van der Waals surface area contributed by atoms with Crippen LogP contribution in [-0.2, 0) is 4.79 Å². The van der Waals surface area contributed by atoms with Crippen molar-refractivity contribution in [1.82, 2.24) is 5.32 Å². The number of carbonyl (C=O) groups is 1. The Morgan fingerprint density at radius 3 is 1.02 bits per heavy atom. The molecule has 0 bridgehead atoms. The van der Waals surface area contributed by atoms with Gasteiger partial charge in [-0.05, 0) is 12.8 Å². The first-order chi connectivity index (χ1) is 23.0. The highest BCUT2D eigenvalue weighted by atomic mass is 16.3. The molecular formula is C41H83NO5. The third-order valence-electron chi connectivity index (χ3n) is 10.1. The molecule has 0 aliphatic rings. The molecule has 0 aromatic rings. The number of amides is 1. The number of rotatable bonds is 38. The Labute approximate surface area is 292 Å². The summed E-state index contributed by atoms with van der Waals surface area (Å²) in [5.41, 5.74) is 0. The fourth-order valence-corrected chi connectivity index (χ4v) is 6.70. The highest BCUT2D eigenvalue weighted by molar-refractivity contribution is 5.80. The van der Waals surface area contributed by atoms with Gasteiger partial charge in [0, 0.05) is 0 Å². The van der Waals surface area contributed by atoms with Gasteiger partial charge in [-0.25, -0.2) is 0 Å². The van der Waals surface area contributed by atoms with Crippen LogP contribution in [0.1, 0.15) is 226 Å². The number of hydrogen-bond acceptors (Lipinski definition) is 5. The summed E-state index contributed by atoms with van der Waals surface area (Å²) in [5.74, 6) is -0.581. The monoisotopic (exact) mass is 670 g/mol. The Kier molecular flexibility index (Phi) is 36.0. The molecule has 6 heteroatoms.